The molecule has 3 N–H and O–H groups in total. The Balaban J connectivity index is 3.35. The summed E-state index contributed by atoms with van der Waals surface area (Å²) in [5.74, 6) is 0. The number of nitrogens with two attached hydrogens (primary N) is 1. The Bertz CT molecular complexity index is 163. The first-order valence-electron chi connectivity index (χ1n) is 3.51. The van der Waals surface area contributed by atoms with Crippen molar-refractivity contribution in [2.24, 2.45) is 10.9 Å². The molecule has 0 bridgehead atoms. The largest absolute Gasteiger partial charge is 0.352 e. The number of nitroso groups, excluding NO2 is 1. The Morgan fingerprint density at radius 1 is 1.67 bits per heavy atom. The third-order valence-electron chi connectivity index (χ3n) is 1.27. The molecule has 0 heterocycles. The van der Waals surface area contributed by atoms with Gasteiger partial charge in [0, 0.05) is 6.54 Å². The molecule has 0 aliphatic rings. The number of nitrogens with one attached hydrogen (secondary N) is 1. The number of nitrogens with zero attached hydrogens (tertiary/aromatic N) is 1. The molecule has 0 aromatic heterocycles. The number of urea groups is 1. The highest BCUT2D eigenvalue weighted by Gasteiger charge is 2.05. The van der Waals surface area contributed by atoms with E-state index in [2.05, 4.69) is 10.5 Å². The maximum atomic E-state index is 10.1. The number of rotatable bonds is 6. The quantitative estimate of drug-likeness (QED) is 0.329. The van der Waals surface area contributed by atoms with Crippen molar-refractivity contribution in [1.29, 1.82) is 0 Å². The summed E-state index contributed by atoms with van der Waals surface area (Å²) in [5.41, 5.74) is 4.77. The molecular weight excluding hydrogens is 162 g/mol. The van der Waals surface area contributed by atoms with Crippen LogP contribution in [0.4, 0.5) is 4.79 Å². The highest BCUT2D eigenvalue weighted by atomic mass is 16.3. The summed E-state index contributed by atoms with van der Waals surface area (Å²) in [5, 5.41) is 4.89. The molecule has 12 heavy (non-hydrogen) atoms. The van der Waals surface area contributed by atoms with Gasteiger partial charge in [0.1, 0.15) is 12.3 Å². The van der Waals surface area contributed by atoms with Crippen LogP contribution < -0.4 is 11.1 Å². The van der Waals surface area contributed by atoms with E-state index in [-0.39, 0.29) is 0 Å². The molecule has 0 aromatic rings. The summed E-state index contributed by atoms with van der Waals surface area (Å²) >= 11 is 0. The molecule has 0 rings (SSSR count). The molecule has 0 aliphatic carbocycles. The fraction of sp³-hybridized carbons (Fsp3) is 0.667. The Labute approximate surface area is 69.5 Å². The molecule has 1 atom stereocenters. The summed E-state index contributed by atoms with van der Waals surface area (Å²) in [7, 11) is 0. The maximum absolute atomic E-state index is 10.1. The highest BCUT2D eigenvalue weighted by molar-refractivity contribution is 5.71. The molecule has 68 valence electrons. The van der Waals surface area contributed by atoms with E-state index in [0.29, 0.717) is 25.7 Å². The van der Waals surface area contributed by atoms with Crippen molar-refractivity contribution >= 4 is 12.3 Å². The summed E-state index contributed by atoms with van der Waals surface area (Å²) in [6, 6.07) is -1.42. The number of primary amides is 1. The lowest BCUT2D eigenvalue weighted by atomic mass is 10.2. The maximum Gasteiger partial charge on any atom is 0.312 e. The van der Waals surface area contributed by atoms with Crippen molar-refractivity contribution in [2.75, 3.05) is 6.54 Å². The van der Waals surface area contributed by atoms with Crippen molar-refractivity contribution in [3.63, 3.8) is 0 Å². The first kappa shape index (κ1) is 10.5. The first-order chi connectivity index (χ1) is 5.70. The molecule has 0 saturated heterocycles. The van der Waals surface area contributed by atoms with Crippen LogP contribution in [0, 0.1) is 4.91 Å². The van der Waals surface area contributed by atoms with E-state index in [1.807, 2.05) is 0 Å². The van der Waals surface area contributed by atoms with Crippen LogP contribution in [0.15, 0.2) is 5.18 Å². The smallest absolute Gasteiger partial charge is 0.312 e. The topological polar surface area (TPSA) is 102 Å². The van der Waals surface area contributed by atoms with Gasteiger partial charge < -0.3 is 15.8 Å². The lowest BCUT2D eigenvalue weighted by Gasteiger charge is -2.01. The SMILES string of the molecule is NC(=O)NCCCC(C=O)N=O. The number of amides is 2. The van der Waals surface area contributed by atoms with Crippen LogP contribution in [0.5, 0.6) is 0 Å². The van der Waals surface area contributed by atoms with Crippen LogP contribution in [0.2, 0.25) is 0 Å². The van der Waals surface area contributed by atoms with E-state index in [1.54, 1.807) is 0 Å². The van der Waals surface area contributed by atoms with Crippen LogP contribution in [-0.2, 0) is 4.79 Å². The molecule has 1 unspecified atom stereocenters. The van der Waals surface area contributed by atoms with Crippen LogP contribution >= 0.6 is 0 Å². The van der Waals surface area contributed by atoms with Crippen molar-refractivity contribution < 1.29 is 9.59 Å². The summed E-state index contributed by atoms with van der Waals surface area (Å²) < 4.78 is 0. The summed E-state index contributed by atoms with van der Waals surface area (Å²) in [6.45, 7) is 0.356. The van der Waals surface area contributed by atoms with E-state index in [1.165, 1.54) is 0 Å². The normalized spacial score (nSPS) is 11.7. The molecular formula is C6H11N3O3. The lowest BCUT2D eigenvalue weighted by molar-refractivity contribution is -0.109. The molecule has 2 amide bonds. The fourth-order valence-corrected chi connectivity index (χ4v) is 0.668. The molecule has 0 spiro atoms. The average Bonchev–Trinajstić information content (AvgIpc) is 2.04. The number of hydrogen-bond acceptors (Lipinski definition) is 4. The van der Waals surface area contributed by atoms with E-state index in [4.69, 9.17) is 5.73 Å². The predicted octanol–water partition coefficient (Wildman–Crippen LogP) is -0.231. The summed E-state index contributed by atoms with van der Waals surface area (Å²) in [6.07, 6.45) is 1.34. The Kier molecular flexibility index (Phi) is 5.50. The van der Waals surface area contributed by atoms with Gasteiger partial charge in [-0.1, -0.05) is 5.18 Å². The zero-order chi connectivity index (χ0) is 9.40. The number of carbonyl (C=O) groups is 2. The zero-order valence-electron chi connectivity index (χ0n) is 6.53. The fourth-order valence-electron chi connectivity index (χ4n) is 0.668. The second-order valence-corrected chi connectivity index (χ2v) is 2.24. The second kappa shape index (κ2) is 6.26. The van der Waals surface area contributed by atoms with Crippen molar-refractivity contribution in [3.05, 3.63) is 4.91 Å². The van der Waals surface area contributed by atoms with E-state index < -0.39 is 12.1 Å². The van der Waals surface area contributed by atoms with Gasteiger partial charge in [-0.25, -0.2) is 4.79 Å². The van der Waals surface area contributed by atoms with Gasteiger partial charge in [-0.2, -0.15) is 4.91 Å². The van der Waals surface area contributed by atoms with Gasteiger partial charge in [0.2, 0.25) is 0 Å². The van der Waals surface area contributed by atoms with Crippen molar-refractivity contribution in [2.45, 2.75) is 18.9 Å². The van der Waals surface area contributed by atoms with Crippen LogP contribution in [0.1, 0.15) is 12.8 Å². The summed E-state index contributed by atoms with van der Waals surface area (Å²) in [4.78, 5) is 30.1. The Morgan fingerprint density at radius 3 is 2.75 bits per heavy atom. The number of aldehydes is 1. The van der Waals surface area contributed by atoms with Gasteiger partial charge >= 0.3 is 6.03 Å². The minimum Gasteiger partial charge on any atom is -0.352 e. The Morgan fingerprint density at radius 2 is 2.33 bits per heavy atom. The van der Waals surface area contributed by atoms with Gasteiger partial charge in [0.05, 0.1) is 0 Å². The minimum atomic E-state index is -0.806. The second-order valence-electron chi connectivity index (χ2n) is 2.24. The van der Waals surface area contributed by atoms with Gasteiger partial charge in [0.25, 0.3) is 0 Å². The highest BCUT2D eigenvalue weighted by Crippen LogP contribution is 1.96. The van der Waals surface area contributed by atoms with Crippen LogP contribution in [-0.4, -0.2) is 24.9 Å². The molecule has 0 aliphatic heterocycles. The standard InChI is InChI=1S/C6H11N3O3/c7-6(11)8-3-1-2-5(4-10)9-12/h4-5H,1-3H2,(H3,7,8,11). The van der Waals surface area contributed by atoms with E-state index >= 15 is 0 Å². The molecule has 0 fully saturated rings. The average molecular weight is 173 g/mol. The molecule has 0 aromatic carbocycles. The molecule has 0 saturated carbocycles. The third-order valence-corrected chi connectivity index (χ3v) is 1.27. The molecule has 6 nitrogen and oxygen atoms in total. The van der Waals surface area contributed by atoms with Gasteiger partial charge in [-0.3, -0.25) is 0 Å². The number of carbonyl (C=O) groups excluding carboxylic acids is 2. The zero-order valence-corrected chi connectivity index (χ0v) is 6.53. The lowest BCUT2D eigenvalue weighted by Crippen LogP contribution is -2.30. The van der Waals surface area contributed by atoms with E-state index in [0.717, 1.165) is 0 Å². The monoisotopic (exact) mass is 173 g/mol. The van der Waals surface area contributed by atoms with Crippen LogP contribution in [0.25, 0.3) is 0 Å². The van der Waals surface area contributed by atoms with Gasteiger partial charge in [-0.15, -0.1) is 0 Å². The van der Waals surface area contributed by atoms with Gasteiger partial charge in [-0.05, 0) is 12.8 Å². The van der Waals surface area contributed by atoms with E-state index in [9.17, 15) is 14.5 Å². The van der Waals surface area contributed by atoms with Gasteiger partial charge in [0.15, 0.2) is 0 Å². The van der Waals surface area contributed by atoms with Crippen LogP contribution in [0.3, 0.4) is 0 Å². The van der Waals surface area contributed by atoms with Crippen molar-refractivity contribution in [1.82, 2.24) is 5.32 Å². The number of hydrogen-bond donors (Lipinski definition) is 2. The first-order valence-corrected chi connectivity index (χ1v) is 3.51. The third kappa shape index (κ3) is 5.33. The molecule has 0 radical (unpaired) electrons. The predicted molar refractivity (Wildman–Crippen MR) is 42.5 cm³/mol. The van der Waals surface area contributed by atoms with Crippen molar-refractivity contribution in [3.8, 4) is 0 Å². The minimum absolute atomic E-state index is 0.341. The Hall–Kier alpha value is -1.46. The molecule has 6 heteroatoms.